The summed E-state index contributed by atoms with van der Waals surface area (Å²) >= 11 is 0. The maximum atomic E-state index is 13.7. The van der Waals surface area contributed by atoms with Crippen LogP contribution in [0, 0.1) is 5.92 Å². The molecule has 0 radical (unpaired) electrons. The van der Waals surface area contributed by atoms with E-state index in [-0.39, 0.29) is 6.61 Å². The predicted molar refractivity (Wildman–Crippen MR) is 79.3 cm³/mol. The summed E-state index contributed by atoms with van der Waals surface area (Å²) in [6.45, 7) is 4.43. The molecule has 0 aromatic heterocycles. The second-order valence-corrected chi connectivity index (χ2v) is 4.86. The Balaban J connectivity index is 2.34. The Kier molecular flexibility index (Phi) is 7.95. The van der Waals surface area contributed by atoms with Gasteiger partial charge in [0.1, 0.15) is 12.4 Å². The summed E-state index contributed by atoms with van der Waals surface area (Å²) < 4.78 is 19.1. The van der Waals surface area contributed by atoms with E-state index in [2.05, 4.69) is 13.8 Å². The minimum atomic E-state index is -1.03. The van der Waals surface area contributed by atoms with Gasteiger partial charge in [-0.3, -0.25) is 0 Å². The van der Waals surface area contributed by atoms with Crippen molar-refractivity contribution in [1.82, 2.24) is 0 Å². The van der Waals surface area contributed by atoms with E-state index in [9.17, 15) is 4.39 Å². The van der Waals surface area contributed by atoms with Gasteiger partial charge >= 0.3 is 0 Å². The average molecular weight is 264 g/mol. The molecule has 0 heterocycles. The number of alkyl halides is 1. The maximum absolute atomic E-state index is 13.7. The fraction of sp³-hybridized carbons (Fsp3) is 0.529. The van der Waals surface area contributed by atoms with Gasteiger partial charge in [-0.25, -0.2) is 4.39 Å². The van der Waals surface area contributed by atoms with Gasteiger partial charge in [-0.05, 0) is 30.9 Å². The molecule has 0 N–H and O–H groups in total. The van der Waals surface area contributed by atoms with E-state index in [1.807, 2.05) is 36.4 Å². The molecular weight excluding hydrogens is 239 g/mol. The summed E-state index contributed by atoms with van der Waals surface area (Å²) in [5, 5.41) is 0. The van der Waals surface area contributed by atoms with Crippen molar-refractivity contribution >= 4 is 0 Å². The molecule has 0 spiro atoms. The molecule has 2 heteroatoms. The van der Waals surface area contributed by atoms with E-state index < -0.39 is 6.17 Å². The van der Waals surface area contributed by atoms with Crippen LogP contribution >= 0.6 is 0 Å². The van der Waals surface area contributed by atoms with Gasteiger partial charge in [-0.2, -0.15) is 0 Å². The van der Waals surface area contributed by atoms with E-state index in [1.165, 1.54) is 0 Å². The molecule has 19 heavy (non-hydrogen) atoms. The Morgan fingerprint density at radius 1 is 1.05 bits per heavy atom. The third-order valence-corrected chi connectivity index (χ3v) is 3.06. The van der Waals surface area contributed by atoms with E-state index in [4.69, 9.17) is 4.74 Å². The van der Waals surface area contributed by atoms with Crippen LogP contribution in [0.25, 0.3) is 0 Å². The Morgan fingerprint density at radius 3 is 2.26 bits per heavy atom. The molecule has 106 valence electrons. The van der Waals surface area contributed by atoms with Crippen molar-refractivity contribution < 1.29 is 9.13 Å². The molecule has 0 amide bonds. The van der Waals surface area contributed by atoms with Crippen LogP contribution in [0.3, 0.4) is 0 Å². The van der Waals surface area contributed by atoms with Gasteiger partial charge < -0.3 is 4.74 Å². The Bertz CT molecular complexity index is 342. The molecule has 1 atom stereocenters. The minimum absolute atomic E-state index is 0.0888. The van der Waals surface area contributed by atoms with Crippen LogP contribution in [0.1, 0.15) is 39.5 Å². The molecule has 0 aliphatic heterocycles. The molecule has 1 rings (SSSR count). The number of ether oxygens (including phenoxy) is 1. The smallest absolute Gasteiger partial charge is 0.152 e. The first-order valence-electron chi connectivity index (χ1n) is 7.26. The van der Waals surface area contributed by atoms with Crippen LogP contribution in [0.2, 0.25) is 0 Å². The van der Waals surface area contributed by atoms with Crippen molar-refractivity contribution in [2.24, 2.45) is 5.92 Å². The Hall–Kier alpha value is -1.31. The van der Waals surface area contributed by atoms with Gasteiger partial charge in [-0.15, -0.1) is 0 Å². The highest BCUT2D eigenvalue weighted by Crippen LogP contribution is 2.16. The number of hydrogen-bond donors (Lipinski definition) is 0. The lowest BCUT2D eigenvalue weighted by atomic mass is 9.97. The third-order valence-electron chi connectivity index (χ3n) is 3.06. The standard InChI is InChI=1S/C17H25FO/c1-3-8-15(9-4-2)12-13-16(18)14-19-17-10-6-5-7-11-17/h5-7,10-13,15-16H,3-4,8-9,14H2,1-2H3/b13-12+. The SMILES string of the molecule is CCCC(/C=C/C(F)COc1ccccc1)CCC. The molecule has 1 aromatic rings. The van der Waals surface area contributed by atoms with Crippen LogP contribution in [-0.4, -0.2) is 12.8 Å². The van der Waals surface area contributed by atoms with E-state index in [0.29, 0.717) is 5.92 Å². The lowest BCUT2D eigenvalue weighted by Gasteiger charge is -2.11. The molecule has 0 saturated heterocycles. The topological polar surface area (TPSA) is 9.23 Å². The van der Waals surface area contributed by atoms with Gasteiger partial charge in [0.05, 0.1) is 0 Å². The Morgan fingerprint density at radius 2 is 1.68 bits per heavy atom. The van der Waals surface area contributed by atoms with Crippen molar-refractivity contribution in [3.05, 3.63) is 42.5 Å². The number of halogens is 1. The number of allylic oxidation sites excluding steroid dienone is 1. The zero-order valence-corrected chi connectivity index (χ0v) is 12.0. The van der Waals surface area contributed by atoms with E-state index in [0.717, 1.165) is 31.4 Å². The maximum Gasteiger partial charge on any atom is 0.152 e. The number of para-hydroxylation sites is 1. The number of hydrogen-bond acceptors (Lipinski definition) is 1. The van der Waals surface area contributed by atoms with Crippen LogP contribution in [0.4, 0.5) is 4.39 Å². The first-order valence-corrected chi connectivity index (χ1v) is 7.26. The highest BCUT2D eigenvalue weighted by atomic mass is 19.1. The molecular formula is C17H25FO. The van der Waals surface area contributed by atoms with Crippen molar-refractivity contribution in [3.63, 3.8) is 0 Å². The lowest BCUT2D eigenvalue weighted by Crippen LogP contribution is -2.10. The highest BCUT2D eigenvalue weighted by molar-refractivity contribution is 5.21. The van der Waals surface area contributed by atoms with Gasteiger partial charge in [0.15, 0.2) is 6.17 Å². The molecule has 1 aromatic carbocycles. The zero-order valence-electron chi connectivity index (χ0n) is 12.0. The van der Waals surface area contributed by atoms with Crippen LogP contribution in [0.15, 0.2) is 42.5 Å². The quantitative estimate of drug-likeness (QED) is 0.559. The van der Waals surface area contributed by atoms with Gasteiger partial charge in [0.25, 0.3) is 0 Å². The normalized spacial score (nSPS) is 13.1. The van der Waals surface area contributed by atoms with Crippen molar-refractivity contribution in [1.29, 1.82) is 0 Å². The van der Waals surface area contributed by atoms with Gasteiger partial charge in [-0.1, -0.05) is 57.0 Å². The summed E-state index contributed by atoms with van der Waals surface area (Å²) in [5.74, 6) is 1.22. The van der Waals surface area contributed by atoms with Crippen LogP contribution in [-0.2, 0) is 0 Å². The molecule has 0 saturated carbocycles. The molecule has 0 fully saturated rings. The summed E-state index contributed by atoms with van der Waals surface area (Å²) in [6, 6.07) is 9.37. The first kappa shape index (κ1) is 15.7. The Labute approximate surface area is 116 Å². The minimum Gasteiger partial charge on any atom is -0.490 e. The number of rotatable bonds is 9. The van der Waals surface area contributed by atoms with Crippen LogP contribution < -0.4 is 4.74 Å². The highest BCUT2D eigenvalue weighted by Gasteiger charge is 2.06. The van der Waals surface area contributed by atoms with E-state index >= 15 is 0 Å². The van der Waals surface area contributed by atoms with Crippen molar-refractivity contribution in [2.75, 3.05) is 6.61 Å². The van der Waals surface area contributed by atoms with E-state index in [1.54, 1.807) is 6.08 Å². The fourth-order valence-corrected chi connectivity index (χ4v) is 2.10. The second-order valence-electron chi connectivity index (χ2n) is 4.86. The van der Waals surface area contributed by atoms with Crippen molar-refractivity contribution in [2.45, 2.75) is 45.7 Å². The average Bonchev–Trinajstić information content (AvgIpc) is 2.44. The van der Waals surface area contributed by atoms with Crippen molar-refractivity contribution in [3.8, 4) is 5.75 Å². The summed E-state index contributed by atoms with van der Waals surface area (Å²) in [5.41, 5.74) is 0. The molecule has 1 nitrogen and oxygen atoms in total. The summed E-state index contributed by atoms with van der Waals surface area (Å²) in [4.78, 5) is 0. The molecule has 0 bridgehead atoms. The lowest BCUT2D eigenvalue weighted by molar-refractivity contribution is 0.228. The molecule has 0 aliphatic carbocycles. The molecule has 1 unspecified atom stereocenters. The largest absolute Gasteiger partial charge is 0.490 e. The van der Waals surface area contributed by atoms with Crippen LogP contribution in [0.5, 0.6) is 5.75 Å². The number of benzene rings is 1. The van der Waals surface area contributed by atoms with Gasteiger partial charge in [0.2, 0.25) is 0 Å². The predicted octanol–water partition coefficient (Wildman–Crippen LogP) is 5.18. The van der Waals surface area contributed by atoms with Gasteiger partial charge in [0, 0.05) is 0 Å². The zero-order chi connectivity index (χ0) is 13.9. The second kappa shape index (κ2) is 9.60. The first-order chi connectivity index (χ1) is 9.26. The third kappa shape index (κ3) is 7.00. The fourth-order valence-electron chi connectivity index (χ4n) is 2.10. The summed E-state index contributed by atoms with van der Waals surface area (Å²) in [7, 11) is 0. The monoisotopic (exact) mass is 264 g/mol. The molecule has 0 aliphatic rings. The summed E-state index contributed by atoms with van der Waals surface area (Å²) in [6.07, 6.45) is 7.20.